The second-order valence-electron chi connectivity index (χ2n) is 4.39. The van der Waals surface area contributed by atoms with Crippen LogP contribution < -0.4 is 5.73 Å². The average Bonchev–Trinajstić information content (AvgIpc) is 2.48. The SMILES string of the molecule is COCCN(CCC#N)C(=O)c1ccccc1CCN. The van der Waals surface area contributed by atoms with Crippen LogP contribution in [0.15, 0.2) is 24.3 Å². The fourth-order valence-corrected chi connectivity index (χ4v) is 1.97. The van der Waals surface area contributed by atoms with Crippen LogP contribution in [-0.2, 0) is 11.2 Å². The summed E-state index contributed by atoms with van der Waals surface area (Å²) in [6.07, 6.45) is 0.979. The molecule has 0 aromatic heterocycles. The molecule has 0 bridgehead atoms. The molecule has 5 nitrogen and oxygen atoms in total. The predicted molar refractivity (Wildman–Crippen MR) is 77.2 cm³/mol. The van der Waals surface area contributed by atoms with E-state index in [1.54, 1.807) is 18.1 Å². The number of rotatable bonds is 8. The molecule has 0 aliphatic carbocycles. The molecule has 0 saturated carbocycles. The third-order valence-corrected chi connectivity index (χ3v) is 3.01. The molecule has 1 aromatic rings. The van der Waals surface area contributed by atoms with Crippen molar-refractivity contribution in [1.82, 2.24) is 4.90 Å². The summed E-state index contributed by atoms with van der Waals surface area (Å²) >= 11 is 0. The second-order valence-corrected chi connectivity index (χ2v) is 4.39. The van der Waals surface area contributed by atoms with Crippen molar-refractivity contribution in [2.24, 2.45) is 5.73 Å². The number of ether oxygens (including phenoxy) is 1. The maximum Gasteiger partial charge on any atom is 0.254 e. The first-order chi connectivity index (χ1) is 9.74. The van der Waals surface area contributed by atoms with Crippen molar-refractivity contribution < 1.29 is 9.53 Å². The van der Waals surface area contributed by atoms with Gasteiger partial charge in [0.15, 0.2) is 0 Å². The molecule has 0 aliphatic rings. The highest BCUT2D eigenvalue weighted by atomic mass is 16.5. The van der Waals surface area contributed by atoms with Crippen molar-refractivity contribution in [3.8, 4) is 6.07 Å². The van der Waals surface area contributed by atoms with Gasteiger partial charge in [-0.25, -0.2) is 0 Å². The van der Waals surface area contributed by atoms with Gasteiger partial charge >= 0.3 is 0 Å². The van der Waals surface area contributed by atoms with Crippen LogP contribution in [0.5, 0.6) is 0 Å². The van der Waals surface area contributed by atoms with E-state index in [4.69, 9.17) is 15.7 Å². The molecule has 5 heteroatoms. The molecule has 1 amide bonds. The van der Waals surface area contributed by atoms with E-state index in [2.05, 4.69) is 6.07 Å². The lowest BCUT2D eigenvalue weighted by molar-refractivity contribution is 0.0699. The Kier molecular flexibility index (Phi) is 7.33. The van der Waals surface area contributed by atoms with E-state index in [9.17, 15) is 4.79 Å². The minimum absolute atomic E-state index is 0.0682. The Balaban J connectivity index is 2.90. The zero-order chi connectivity index (χ0) is 14.8. The Bertz CT molecular complexity index is 468. The zero-order valence-electron chi connectivity index (χ0n) is 11.8. The van der Waals surface area contributed by atoms with Crippen LogP contribution in [0.25, 0.3) is 0 Å². The molecule has 108 valence electrons. The summed E-state index contributed by atoms with van der Waals surface area (Å²) in [7, 11) is 1.59. The van der Waals surface area contributed by atoms with Crippen LogP contribution in [0.1, 0.15) is 22.3 Å². The minimum Gasteiger partial charge on any atom is -0.383 e. The lowest BCUT2D eigenvalue weighted by atomic mass is 10.0. The molecule has 20 heavy (non-hydrogen) atoms. The van der Waals surface area contributed by atoms with Gasteiger partial charge in [-0.2, -0.15) is 5.26 Å². The average molecular weight is 275 g/mol. The van der Waals surface area contributed by atoms with Crippen LogP contribution in [0, 0.1) is 11.3 Å². The van der Waals surface area contributed by atoms with Crippen molar-refractivity contribution in [1.29, 1.82) is 5.26 Å². The predicted octanol–water partition coefficient (Wildman–Crippen LogP) is 1.19. The van der Waals surface area contributed by atoms with Gasteiger partial charge in [0.05, 0.1) is 19.1 Å². The quantitative estimate of drug-likeness (QED) is 0.773. The summed E-state index contributed by atoms with van der Waals surface area (Å²) in [6.45, 7) is 1.85. The Hall–Kier alpha value is -1.90. The van der Waals surface area contributed by atoms with E-state index >= 15 is 0 Å². The number of amides is 1. The molecule has 0 atom stereocenters. The summed E-state index contributed by atoms with van der Waals surface area (Å²) in [4.78, 5) is 14.2. The van der Waals surface area contributed by atoms with Crippen LogP contribution >= 0.6 is 0 Å². The summed E-state index contributed by atoms with van der Waals surface area (Å²) in [5.74, 6) is -0.0682. The lowest BCUT2D eigenvalue weighted by Gasteiger charge is -2.22. The molecule has 0 aliphatic heterocycles. The van der Waals surface area contributed by atoms with Crippen molar-refractivity contribution >= 4 is 5.91 Å². The highest BCUT2D eigenvalue weighted by molar-refractivity contribution is 5.95. The van der Waals surface area contributed by atoms with E-state index < -0.39 is 0 Å². The highest BCUT2D eigenvalue weighted by Gasteiger charge is 2.17. The van der Waals surface area contributed by atoms with E-state index in [1.165, 1.54) is 0 Å². The normalized spacial score (nSPS) is 10.1. The van der Waals surface area contributed by atoms with Crippen molar-refractivity contribution in [2.45, 2.75) is 12.8 Å². The summed E-state index contributed by atoms with van der Waals surface area (Å²) < 4.78 is 5.02. The van der Waals surface area contributed by atoms with Gasteiger partial charge in [0, 0.05) is 25.8 Å². The van der Waals surface area contributed by atoms with Gasteiger partial charge in [-0.3, -0.25) is 4.79 Å². The number of nitrogens with two attached hydrogens (primary N) is 1. The first-order valence-corrected chi connectivity index (χ1v) is 6.67. The molecule has 0 fully saturated rings. The number of hydrogen-bond donors (Lipinski definition) is 1. The maximum atomic E-state index is 12.6. The van der Waals surface area contributed by atoms with Gasteiger partial charge in [0.1, 0.15) is 0 Å². The monoisotopic (exact) mass is 275 g/mol. The van der Waals surface area contributed by atoms with E-state index in [0.29, 0.717) is 44.6 Å². The number of nitriles is 1. The Morgan fingerprint density at radius 1 is 1.40 bits per heavy atom. The van der Waals surface area contributed by atoms with E-state index in [1.807, 2.05) is 18.2 Å². The number of methoxy groups -OCH3 is 1. The second kappa shape index (κ2) is 9.08. The molecular formula is C15H21N3O2. The van der Waals surface area contributed by atoms with Gasteiger partial charge in [-0.15, -0.1) is 0 Å². The van der Waals surface area contributed by atoms with Crippen molar-refractivity contribution in [3.05, 3.63) is 35.4 Å². The van der Waals surface area contributed by atoms with Gasteiger partial charge in [-0.1, -0.05) is 18.2 Å². The zero-order valence-corrected chi connectivity index (χ0v) is 11.8. The summed E-state index contributed by atoms with van der Waals surface area (Å²) in [5.41, 5.74) is 7.18. The number of nitrogens with zero attached hydrogens (tertiary/aromatic N) is 2. The van der Waals surface area contributed by atoms with Crippen LogP contribution in [0.3, 0.4) is 0 Å². The molecule has 0 saturated heterocycles. The Morgan fingerprint density at radius 2 is 2.15 bits per heavy atom. The van der Waals surface area contributed by atoms with Gasteiger partial charge in [0.2, 0.25) is 0 Å². The standard InChI is InChI=1S/C15H21N3O2/c1-20-12-11-18(10-4-8-16)15(19)14-6-3-2-5-13(14)7-9-17/h2-3,5-6H,4,7,9-12,17H2,1H3. The molecule has 0 radical (unpaired) electrons. The number of hydrogen-bond acceptors (Lipinski definition) is 4. The highest BCUT2D eigenvalue weighted by Crippen LogP contribution is 2.12. The molecule has 1 aromatic carbocycles. The van der Waals surface area contributed by atoms with E-state index in [-0.39, 0.29) is 5.91 Å². The van der Waals surface area contributed by atoms with Crippen molar-refractivity contribution in [3.63, 3.8) is 0 Å². The van der Waals surface area contributed by atoms with Crippen LogP contribution in [0.4, 0.5) is 0 Å². The largest absolute Gasteiger partial charge is 0.383 e. The van der Waals surface area contributed by atoms with Crippen LogP contribution in [0.2, 0.25) is 0 Å². The Labute approximate surface area is 119 Å². The van der Waals surface area contributed by atoms with Crippen LogP contribution in [-0.4, -0.2) is 44.2 Å². The van der Waals surface area contributed by atoms with Gasteiger partial charge in [0.25, 0.3) is 5.91 Å². The van der Waals surface area contributed by atoms with Gasteiger partial charge < -0.3 is 15.4 Å². The number of carbonyl (C=O) groups excluding carboxylic acids is 1. The number of benzene rings is 1. The first kappa shape index (κ1) is 16.2. The third-order valence-electron chi connectivity index (χ3n) is 3.01. The number of carbonyl (C=O) groups is 1. The van der Waals surface area contributed by atoms with E-state index in [0.717, 1.165) is 5.56 Å². The summed E-state index contributed by atoms with van der Waals surface area (Å²) in [6, 6.07) is 9.53. The fourth-order valence-electron chi connectivity index (χ4n) is 1.97. The molecule has 0 unspecified atom stereocenters. The lowest BCUT2D eigenvalue weighted by Crippen LogP contribution is -2.35. The molecule has 0 heterocycles. The fraction of sp³-hybridized carbons (Fsp3) is 0.467. The smallest absolute Gasteiger partial charge is 0.254 e. The third kappa shape index (κ3) is 4.65. The molecule has 0 spiro atoms. The molecule has 1 rings (SSSR count). The topological polar surface area (TPSA) is 79.3 Å². The minimum atomic E-state index is -0.0682. The summed E-state index contributed by atoms with van der Waals surface area (Å²) in [5, 5.41) is 8.70. The van der Waals surface area contributed by atoms with Gasteiger partial charge in [-0.05, 0) is 24.6 Å². The molecular weight excluding hydrogens is 254 g/mol. The Morgan fingerprint density at radius 3 is 2.80 bits per heavy atom. The first-order valence-electron chi connectivity index (χ1n) is 6.67. The maximum absolute atomic E-state index is 12.6. The van der Waals surface area contributed by atoms with Crippen molar-refractivity contribution in [2.75, 3.05) is 33.4 Å². The molecule has 2 N–H and O–H groups in total.